The first kappa shape index (κ1) is 28.4. The number of hydrogen-bond acceptors (Lipinski definition) is 7. The molecule has 6 rings (SSSR count). The molecule has 0 amide bonds. The summed E-state index contributed by atoms with van der Waals surface area (Å²) < 4.78 is 0. The molecule has 0 saturated heterocycles. The molecule has 2 fully saturated rings. The van der Waals surface area contributed by atoms with Gasteiger partial charge in [-0.05, 0) is 101 Å². The van der Waals surface area contributed by atoms with Crippen LogP contribution in [0.25, 0.3) is 10.9 Å². The van der Waals surface area contributed by atoms with E-state index in [-0.39, 0.29) is 10.8 Å². The standard InChI is InChI=1S/C34H45N7O/c1-20-9-8-10-24-17-25(31(35-28(20)24)36-29(22-11-12-22)23-13-14-23)19-41(32-37-39-40-38-32)18-21-15-26(33(2,3)4)30(42)27(16-21)34(5,6)7/h8-10,15-17,22-23,29,42H,11-14,18-19H2,1-7H3,(H,35,36)(H,37,38,39,40). The Balaban J connectivity index is 1.41. The predicted molar refractivity (Wildman–Crippen MR) is 169 cm³/mol. The molecule has 222 valence electrons. The van der Waals surface area contributed by atoms with E-state index in [9.17, 15) is 5.11 Å². The third-order valence-corrected chi connectivity index (χ3v) is 8.83. The Labute approximate surface area is 249 Å². The van der Waals surface area contributed by atoms with Crippen LogP contribution < -0.4 is 10.2 Å². The van der Waals surface area contributed by atoms with E-state index in [0.717, 1.165) is 50.8 Å². The van der Waals surface area contributed by atoms with Crippen LogP contribution in [0.4, 0.5) is 11.8 Å². The summed E-state index contributed by atoms with van der Waals surface area (Å²) in [6.07, 6.45) is 5.21. The van der Waals surface area contributed by atoms with Gasteiger partial charge in [-0.3, -0.25) is 0 Å². The molecular weight excluding hydrogens is 522 g/mol. The summed E-state index contributed by atoms with van der Waals surface area (Å²) in [6.45, 7) is 16.1. The van der Waals surface area contributed by atoms with E-state index in [1.807, 2.05) is 0 Å². The van der Waals surface area contributed by atoms with Gasteiger partial charge in [0, 0.05) is 30.1 Å². The zero-order valence-corrected chi connectivity index (χ0v) is 26.1. The number of aryl methyl sites for hydroxylation is 1. The van der Waals surface area contributed by atoms with Crippen LogP contribution in [0.2, 0.25) is 0 Å². The molecule has 2 aromatic heterocycles. The highest BCUT2D eigenvalue weighted by Gasteiger charge is 2.42. The normalized spacial score (nSPS) is 15.9. The Hall–Kier alpha value is -3.68. The molecule has 2 aromatic carbocycles. The molecule has 0 atom stereocenters. The summed E-state index contributed by atoms with van der Waals surface area (Å²) in [6, 6.07) is 13.4. The zero-order chi connectivity index (χ0) is 29.8. The first-order chi connectivity index (χ1) is 19.9. The molecule has 4 aromatic rings. The number of hydrogen-bond donors (Lipinski definition) is 3. The van der Waals surface area contributed by atoms with Gasteiger partial charge in [0.1, 0.15) is 11.6 Å². The van der Waals surface area contributed by atoms with Crippen LogP contribution in [-0.2, 0) is 23.9 Å². The Kier molecular flexibility index (Phi) is 7.14. The first-order valence-corrected chi connectivity index (χ1v) is 15.4. The van der Waals surface area contributed by atoms with Crippen LogP contribution in [0, 0.1) is 18.8 Å². The smallest absolute Gasteiger partial charge is 0.266 e. The maximum absolute atomic E-state index is 11.3. The number of tetrazole rings is 1. The van der Waals surface area contributed by atoms with Gasteiger partial charge in [0.2, 0.25) is 0 Å². The molecule has 8 nitrogen and oxygen atoms in total. The summed E-state index contributed by atoms with van der Waals surface area (Å²) >= 11 is 0. The summed E-state index contributed by atoms with van der Waals surface area (Å²) in [5, 5.41) is 31.7. The number of para-hydroxylation sites is 1. The van der Waals surface area contributed by atoms with Crippen molar-refractivity contribution in [2.75, 3.05) is 10.2 Å². The monoisotopic (exact) mass is 567 g/mol. The van der Waals surface area contributed by atoms with Crippen molar-refractivity contribution in [3.8, 4) is 5.75 Å². The number of aromatic hydroxyl groups is 1. The van der Waals surface area contributed by atoms with E-state index in [2.05, 4.69) is 116 Å². The van der Waals surface area contributed by atoms with E-state index in [1.165, 1.54) is 31.2 Å². The summed E-state index contributed by atoms with van der Waals surface area (Å²) in [5.41, 5.74) is 5.91. The minimum atomic E-state index is -0.213. The fourth-order valence-electron chi connectivity index (χ4n) is 6.17. The second-order valence-corrected chi connectivity index (χ2v) is 14.6. The first-order valence-electron chi connectivity index (χ1n) is 15.4. The molecular formula is C34H45N7O. The minimum absolute atomic E-state index is 0.213. The zero-order valence-electron chi connectivity index (χ0n) is 26.1. The van der Waals surface area contributed by atoms with Gasteiger partial charge in [0.25, 0.3) is 5.95 Å². The summed E-state index contributed by atoms with van der Waals surface area (Å²) in [5.74, 6) is 3.38. The van der Waals surface area contributed by atoms with E-state index in [0.29, 0.717) is 30.8 Å². The number of H-pyrrole nitrogens is 1. The number of pyridine rings is 1. The third kappa shape index (κ3) is 5.94. The Morgan fingerprint density at radius 2 is 1.60 bits per heavy atom. The number of aromatic amines is 1. The van der Waals surface area contributed by atoms with Gasteiger partial charge in [-0.15, -0.1) is 5.10 Å². The summed E-state index contributed by atoms with van der Waals surface area (Å²) in [4.78, 5) is 7.40. The number of rotatable bonds is 9. The van der Waals surface area contributed by atoms with Gasteiger partial charge in [0.05, 0.1) is 5.52 Å². The lowest BCUT2D eigenvalue weighted by Crippen LogP contribution is -2.28. The van der Waals surface area contributed by atoms with Gasteiger partial charge in [0.15, 0.2) is 0 Å². The highest BCUT2D eigenvalue weighted by atomic mass is 16.3. The van der Waals surface area contributed by atoms with Crippen molar-refractivity contribution in [2.24, 2.45) is 11.8 Å². The second kappa shape index (κ2) is 10.5. The molecule has 0 unspecified atom stereocenters. The Morgan fingerprint density at radius 1 is 0.952 bits per heavy atom. The van der Waals surface area contributed by atoms with Gasteiger partial charge in [-0.1, -0.05) is 64.8 Å². The van der Waals surface area contributed by atoms with Crippen molar-refractivity contribution in [2.45, 2.75) is 104 Å². The van der Waals surface area contributed by atoms with E-state index >= 15 is 0 Å². The Bertz CT molecular complexity index is 1530. The van der Waals surface area contributed by atoms with Crippen LogP contribution in [-0.4, -0.2) is 36.8 Å². The van der Waals surface area contributed by atoms with Gasteiger partial charge >= 0.3 is 0 Å². The maximum Gasteiger partial charge on any atom is 0.266 e. The molecule has 3 N–H and O–H groups in total. The van der Waals surface area contributed by atoms with Crippen molar-refractivity contribution in [3.05, 3.63) is 64.2 Å². The molecule has 42 heavy (non-hydrogen) atoms. The number of benzene rings is 2. The average Bonchev–Trinajstić information content (AvgIpc) is 3.86. The SMILES string of the molecule is Cc1cccc2cc(CN(Cc3cc(C(C)(C)C)c(O)c(C(C)(C)C)c3)c3nn[nH]n3)c(NC(C3CC3)C3CC3)nc12. The third-order valence-electron chi connectivity index (χ3n) is 8.83. The lowest BCUT2D eigenvalue weighted by Gasteiger charge is -2.30. The number of nitrogens with zero attached hydrogens (tertiary/aromatic N) is 5. The van der Waals surface area contributed by atoms with E-state index < -0.39 is 0 Å². The molecule has 2 aliphatic carbocycles. The number of aromatic nitrogens is 5. The predicted octanol–water partition coefficient (Wildman–Crippen LogP) is 7.16. The van der Waals surface area contributed by atoms with Crippen molar-refractivity contribution in [3.63, 3.8) is 0 Å². The lowest BCUT2D eigenvalue weighted by molar-refractivity contribution is 0.422. The van der Waals surface area contributed by atoms with Crippen molar-refractivity contribution in [1.82, 2.24) is 25.6 Å². The number of anilines is 2. The van der Waals surface area contributed by atoms with Crippen LogP contribution in [0.5, 0.6) is 5.75 Å². The molecule has 0 aliphatic heterocycles. The lowest BCUT2D eigenvalue weighted by atomic mass is 9.78. The highest BCUT2D eigenvalue weighted by molar-refractivity contribution is 5.84. The minimum Gasteiger partial charge on any atom is -0.507 e. The topological polar surface area (TPSA) is 103 Å². The molecule has 8 heteroatoms. The number of nitrogens with one attached hydrogen (secondary N) is 2. The molecule has 2 heterocycles. The van der Waals surface area contributed by atoms with Crippen molar-refractivity contribution < 1.29 is 5.11 Å². The fraction of sp³-hybridized carbons (Fsp3) is 0.529. The van der Waals surface area contributed by atoms with Crippen LogP contribution >= 0.6 is 0 Å². The number of phenols is 1. The second-order valence-electron chi connectivity index (χ2n) is 14.6. The maximum atomic E-state index is 11.3. The fourth-order valence-corrected chi connectivity index (χ4v) is 6.17. The molecule has 0 spiro atoms. The average molecular weight is 568 g/mol. The van der Waals surface area contributed by atoms with E-state index in [4.69, 9.17) is 4.98 Å². The van der Waals surface area contributed by atoms with Gasteiger partial charge in [-0.2, -0.15) is 5.21 Å². The molecule has 0 bridgehead atoms. The van der Waals surface area contributed by atoms with Crippen LogP contribution in [0.1, 0.15) is 95.0 Å². The number of fused-ring (bicyclic) bond motifs is 1. The van der Waals surface area contributed by atoms with Gasteiger partial charge in [-0.25, -0.2) is 4.98 Å². The summed E-state index contributed by atoms with van der Waals surface area (Å²) in [7, 11) is 0. The molecule has 0 radical (unpaired) electrons. The van der Waals surface area contributed by atoms with Crippen molar-refractivity contribution >= 4 is 22.7 Å². The van der Waals surface area contributed by atoms with Crippen molar-refractivity contribution in [1.29, 1.82) is 0 Å². The molecule has 2 saturated carbocycles. The van der Waals surface area contributed by atoms with Crippen LogP contribution in [0.3, 0.4) is 0 Å². The number of phenolic OH excluding ortho intramolecular Hbond substituents is 1. The quantitative estimate of drug-likeness (QED) is 0.197. The Morgan fingerprint density at radius 3 is 2.14 bits per heavy atom. The largest absolute Gasteiger partial charge is 0.507 e. The molecule has 2 aliphatic rings. The van der Waals surface area contributed by atoms with Gasteiger partial charge < -0.3 is 15.3 Å². The van der Waals surface area contributed by atoms with Crippen LogP contribution in [0.15, 0.2) is 36.4 Å². The van der Waals surface area contributed by atoms with E-state index in [1.54, 1.807) is 0 Å². The highest BCUT2D eigenvalue weighted by Crippen LogP contribution is 2.46.